The van der Waals surface area contributed by atoms with Crippen LogP contribution in [0.1, 0.15) is 11.3 Å². The summed E-state index contributed by atoms with van der Waals surface area (Å²) in [5, 5.41) is 3.80. The Labute approximate surface area is 112 Å². The number of aromatic nitrogens is 1. The van der Waals surface area contributed by atoms with E-state index in [0.29, 0.717) is 11.6 Å². The fourth-order valence-electron chi connectivity index (χ4n) is 1.71. The van der Waals surface area contributed by atoms with E-state index in [0.717, 1.165) is 22.7 Å². The molecule has 1 aromatic carbocycles. The summed E-state index contributed by atoms with van der Waals surface area (Å²) in [6.07, 6.45) is 1.75. The van der Waals surface area contributed by atoms with E-state index < -0.39 is 0 Å². The summed E-state index contributed by atoms with van der Waals surface area (Å²) in [5.41, 5.74) is 2.80. The first-order valence-corrected chi connectivity index (χ1v) is 6.09. The molecule has 0 fully saturated rings. The molecule has 1 aromatic heterocycles. The van der Waals surface area contributed by atoms with Crippen LogP contribution in [0, 0.1) is 6.92 Å². The Kier molecular flexibility index (Phi) is 4.05. The Morgan fingerprint density at radius 1 is 1.28 bits per heavy atom. The third-order valence-corrected chi connectivity index (χ3v) is 3.07. The second-order valence-corrected chi connectivity index (χ2v) is 4.30. The highest BCUT2D eigenvalue weighted by Crippen LogP contribution is 2.26. The maximum absolute atomic E-state index is 6.18. The van der Waals surface area contributed by atoms with Gasteiger partial charge in [-0.05, 0) is 31.2 Å². The van der Waals surface area contributed by atoms with Crippen LogP contribution in [0.3, 0.4) is 0 Å². The standard InChI is InChI=1S/C14H15ClN2O/c1-10-14(7-4-8-17-10)18-9-11-12(15)5-3-6-13(11)16-2/h3-8,16H,9H2,1-2H3. The molecular formula is C14H15ClN2O. The van der Waals surface area contributed by atoms with Crippen LogP contribution in [0.5, 0.6) is 5.75 Å². The van der Waals surface area contributed by atoms with Gasteiger partial charge in [-0.25, -0.2) is 0 Å². The van der Waals surface area contributed by atoms with E-state index in [-0.39, 0.29) is 0 Å². The molecule has 2 aromatic rings. The van der Waals surface area contributed by atoms with Crippen LogP contribution >= 0.6 is 11.6 Å². The number of aryl methyl sites for hydroxylation is 1. The molecule has 0 aliphatic rings. The maximum Gasteiger partial charge on any atom is 0.141 e. The fourth-order valence-corrected chi connectivity index (χ4v) is 1.94. The van der Waals surface area contributed by atoms with Crippen LogP contribution in [0.2, 0.25) is 5.02 Å². The molecule has 0 aliphatic carbocycles. The van der Waals surface area contributed by atoms with Crippen molar-refractivity contribution in [2.75, 3.05) is 12.4 Å². The fraction of sp³-hybridized carbons (Fsp3) is 0.214. The number of hydrogen-bond acceptors (Lipinski definition) is 3. The van der Waals surface area contributed by atoms with Gasteiger partial charge in [0.15, 0.2) is 0 Å². The Bertz CT molecular complexity index is 543. The minimum atomic E-state index is 0.419. The molecule has 0 unspecified atom stereocenters. The monoisotopic (exact) mass is 262 g/mol. The number of hydrogen-bond donors (Lipinski definition) is 1. The number of halogens is 1. The summed E-state index contributed by atoms with van der Waals surface area (Å²) in [6.45, 7) is 2.34. The van der Waals surface area contributed by atoms with E-state index >= 15 is 0 Å². The van der Waals surface area contributed by atoms with Crippen molar-refractivity contribution in [2.24, 2.45) is 0 Å². The third kappa shape index (κ3) is 2.74. The minimum Gasteiger partial charge on any atom is -0.487 e. The summed E-state index contributed by atoms with van der Waals surface area (Å²) < 4.78 is 5.76. The van der Waals surface area contributed by atoms with E-state index in [2.05, 4.69) is 10.3 Å². The molecule has 0 atom stereocenters. The molecule has 0 saturated heterocycles. The molecule has 2 rings (SSSR count). The van der Waals surface area contributed by atoms with Gasteiger partial charge in [0.25, 0.3) is 0 Å². The van der Waals surface area contributed by atoms with Crippen LogP contribution in [0.4, 0.5) is 5.69 Å². The lowest BCUT2D eigenvalue weighted by atomic mass is 10.2. The Balaban J connectivity index is 2.18. The van der Waals surface area contributed by atoms with Crippen molar-refractivity contribution in [1.82, 2.24) is 4.98 Å². The van der Waals surface area contributed by atoms with Crippen molar-refractivity contribution in [3.8, 4) is 5.75 Å². The van der Waals surface area contributed by atoms with Gasteiger partial charge >= 0.3 is 0 Å². The number of ether oxygens (including phenoxy) is 1. The number of nitrogens with one attached hydrogen (secondary N) is 1. The SMILES string of the molecule is CNc1cccc(Cl)c1COc1cccnc1C. The van der Waals surface area contributed by atoms with Gasteiger partial charge < -0.3 is 10.1 Å². The molecule has 0 amide bonds. The zero-order chi connectivity index (χ0) is 13.0. The first-order valence-electron chi connectivity index (χ1n) is 5.72. The summed E-state index contributed by atoms with van der Waals surface area (Å²) in [6, 6.07) is 9.50. The summed E-state index contributed by atoms with van der Waals surface area (Å²) >= 11 is 6.18. The van der Waals surface area contributed by atoms with Crippen LogP contribution < -0.4 is 10.1 Å². The maximum atomic E-state index is 6.18. The quantitative estimate of drug-likeness (QED) is 0.913. The summed E-state index contributed by atoms with van der Waals surface area (Å²) in [5.74, 6) is 0.777. The molecule has 3 nitrogen and oxygen atoms in total. The molecular weight excluding hydrogens is 248 g/mol. The van der Waals surface area contributed by atoms with E-state index in [1.54, 1.807) is 6.20 Å². The molecule has 1 N–H and O–H groups in total. The largest absolute Gasteiger partial charge is 0.487 e. The highest BCUT2D eigenvalue weighted by Gasteiger charge is 2.07. The van der Waals surface area contributed by atoms with Crippen molar-refractivity contribution in [3.63, 3.8) is 0 Å². The number of anilines is 1. The normalized spacial score (nSPS) is 10.2. The smallest absolute Gasteiger partial charge is 0.141 e. The second kappa shape index (κ2) is 5.74. The molecule has 0 spiro atoms. The predicted molar refractivity (Wildman–Crippen MR) is 74.3 cm³/mol. The number of pyridine rings is 1. The third-order valence-electron chi connectivity index (χ3n) is 2.72. The number of nitrogens with zero attached hydrogens (tertiary/aromatic N) is 1. The average Bonchev–Trinajstić information content (AvgIpc) is 2.39. The summed E-state index contributed by atoms with van der Waals surface area (Å²) in [4.78, 5) is 4.18. The van der Waals surface area contributed by atoms with Crippen LogP contribution in [-0.2, 0) is 6.61 Å². The molecule has 0 bridgehead atoms. The number of rotatable bonds is 4. The van der Waals surface area contributed by atoms with Gasteiger partial charge in [0.05, 0.1) is 5.69 Å². The predicted octanol–water partition coefficient (Wildman–Crippen LogP) is 3.66. The number of benzene rings is 1. The van der Waals surface area contributed by atoms with Crippen molar-refractivity contribution in [1.29, 1.82) is 0 Å². The zero-order valence-electron chi connectivity index (χ0n) is 10.4. The van der Waals surface area contributed by atoms with E-state index in [1.165, 1.54) is 0 Å². The van der Waals surface area contributed by atoms with Crippen LogP contribution in [-0.4, -0.2) is 12.0 Å². The first kappa shape index (κ1) is 12.7. The van der Waals surface area contributed by atoms with E-state index in [1.807, 2.05) is 44.3 Å². The second-order valence-electron chi connectivity index (χ2n) is 3.89. The highest BCUT2D eigenvalue weighted by atomic mass is 35.5. The van der Waals surface area contributed by atoms with Crippen LogP contribution in [0.25, 0.3) is 0 Å². The summed E-state index contributed by atoms with van der Waals surface area (Å²) in [7, 11) is 1.87. The highest BCUT2D eigenvalue weighted by molar-refractivity contribution is 6.31. The van der Waals surface area contributed by atoms with Gasteiger partial charge in [-0.2, -0.15) is 0 Å². The van der Waals surface area contributed by atoms with Gasteiger partial charge in [-0.1, -0.05) is 17.7 Å². The van der Waals surface area contributed by atoms with E-state index in [4.69, 9.17) is 16.3 Å². The lowest BCUT2D eigenvalue weighted by Crippen LogP contribution is -2.02. The molecule has 0 saturated carbocycles. The van der Waals surface area contributed by atoms with Crippen molar-refractivity contribution in [3.05, 3.63) is 52.8 Å². The first-order chi connectivity index (χ1) is 8.72. The average molecular weight is 263 g/mol. The van der Waals surface area contributed by atoms with Crippen molar-refractivity contribution in [2.45, 2.75) is 13.5 Å². The van der Waals surface area contributed by atoms with Gasteiger partial charge in [-0.15, -0.1) is 0 Å². The molecule has 94 valence electrons. The Morgan fingerprint density at radius 3 is 2.83 bits per heavy atom. The van der Waals surface area contributed by atoms with E-state index in [9.17, 15) is 0 Å². The van der Waals surface area contributed by atoms with Crippen LogP contribution in [0.15, 0.2) is 36.5 Å². The minimum absolute atomic E-state index is 0.419. The lowest BCUT2D eigenvalue weighted by Gasteiger charge is -2.13. The molecule has 1 heterocycles. The van der Waals surface area contributed by atoms with Gasteiger partial charge in [0.1, 0.15) is 12.4 Å². The Hall–Kier alpha value is -1.74. The van der Waals surface area contributed by atoms with Gasteiger partial charge in [0, 0.05) is 29.5 Å². The Morgan fingerprint density at radius 2 is 2.11 bits per heavy atom. The van der Waals surface area contributed by atoms with Crippen molar-refractivity contribution >= 4 is 17.3 Å². The molecule has 0 aliphatic heterocycles. The van der Waals surface area contributed by atoms with Gasteiger partial charge in [0.2, 0.25) is 0 Å². The topological polar surface area (TPSA) is 34.1 Å². The van der Waals surface area contributed by atoms with Crippen molar-refractivity contribution < 1.29 is 4.74 Å². The molecule has 18 heavy (non-hydrogen) atoms. The molecule has 0 radical (unpaired) electrons. The lowest BCUT2D eigenvalue weighted by molar-refractivity contribution is 0.303. The molecule has 4 heteroatoms. The zero-order valence-corrected chi connectivity index (χ0v) is 11.2. The van der Waals surface area contributed by atoms with Gasteiger partial charge in [-0.3, -0.25) is 4.98 Å².